The number of nitrogens with two attached hydrogens (primary N) is 1. The molecule has 1 aliphatic heterocycles. The van der Waals surface area contributed by atoms with Gasteiger partial charge >= 0.3 is 0 Å². The van der Waals surface area contributed by atoms with Gasteiger partial charge in [0.05, 0.1) is 13.1 Å². The van der Waals surface area contributed by atoms with Gasteiger partial charge in [0, 0.05) is 19.0 Å². The number of halogens is 2. The molecule has 1 atom stereocenters. The molecule has 126 valence electrons. The SMILES string of the molecule is Cc1nc2n(n1)CCN(C(=O)CC(N)c1ccccc1)C2.Cl.Cl. The Bertz CT molecular complexity index is 647. The Balaban J connectivity index is 0.00000132. The molecule has 0 spiro atoms. The van der Waals surface area contributed by atoms with E-state index in [0.717, 1.165) is 17.2 Å². The number of benzene rings is 1. The minimum Gasteiger partial charge on any atom is -0.333 e. The predicted octanol–water partition coefficient (Wildman–Crippen LogP) is 1.86. The summed E-state index contributed by atoms with van der Waals surface area (Å²) in [4.78, 5) is 18.5. The Morgan fingerprint density at radius 1 is 1.26 bits per heavy atom. The number of hydrogen-bond acceptors (Lipinski definition) is 4. The van der Waals surface area contributed by atoms with Gasteiger partial charge < -0.3 is 10.6 Å². The quantitative estimate of drug-likeness (QED) is 0.909. The number of amides is 1. The van der Waals surface area contributed by atoms with E-state index in [1.807, 2.05) is 46.8 Å². The molecule has 6 nitrogen and oxygen atoms in total. The van der Waals surface area contributed by atoms with Gasteiger partial charge in [-0.1, -0.05) is 30.3 Å². The van der Waals surface area contributed by atoms with Gasteiger partial charge in [-0.05, 0) is 12.5 Å². The highest BCUT2D eigenvalue weighted by Gasteiger charge is 2.24. The van der Waals surface area contributed by atoms with Gasteiger partial charge in [0.15, 0.2) is 0 Å². The molecule has 1 aromatic heterocycles. The number of rotatable bonds is 3. The fourth-order valence-corrected chi connectivity index (χ4v) is 2.61. The lowest BCUT2D eigenvalue weighted by atomic mass is 10.0. The van der Waals surface area contributed by atoms with Crippen molar-refractivity contribution >= 4 is 30.7 Å². The fourth-order valence-electron chi connectivity index (χ4n) is 2.61. The summed E-state index contributed by atoms with van der Waals surface area (Å²) in [5.74, 6) is 1.67. The van der Waals surface area contributed by atoms with Gasteiger partial charge in [-0.3, -0.25) is 4.79 Å². The van der Waals surface area contributed by atoms with Gasteiger partial charge in [0.2, 0.25) is 5.91 Å². The van der Waals surface area contributed by atoms with E-state index in [-0.39, 0.29) is 36.8 Å². The third kappa shape index (κ3) is 4.43. The zero-order chi connectivity index (χ0) is 14.8. The molecule has 0 bridgehead atoms. The zero-order valence-electron chi connectivity index (χ0n) is 12.9. The Hall–Kier alpha value is -1.63. The Morgan fingerprint density at radius 3 is 2.65 bits per heavy atom. The Labute approximate surface area is 147 Å². The molecule has 1 aromatic carbocycles. The third-order valence-corrected chi connectivity index (χ3v) is 3.74. The van der Waals surface area contributed by atoms with Crippen LogP contribution in [0.5, 0.6) is 0 Å². The van der Waals surface area contributed by atoms with Crippen LogP contribution in [0.2, 0.25) is 0 Å². The first-order valence-electron chi connectivity index (χ1n) is 7.12. The van der Waals surface area contributed by atoms with Crippen molar-refractivity contribution in [2.45, 2.75) is 32.5 Å². The van der Waals surface area contributed by atoms with Gasteiger partial charge in [-0.15, -0.1) is 24.8 Å². The number of hydrogen-bond donors (Lipinski definition) is 1. The Kier molecular flexibility index (Phi) is 7.00. The lowest BCUT2D eigenvalue weighted by Gasteiger charge is -2.27. The van der Waals surface area contributed by atoms with E-state index in [0.29, 0.717) is 26.1 Å². The van der Waals surface area contributed by atoms with Crippen molar-refractivity contribution in [2.24, 2.45) is 5.73 Å². The average molecular weight is 358 g/mol. The second kappa shape index (κ2) is 8.29. The minimum absolute atomic E-state index is 0. The molecule has 2 heterocycles. The van der Waals surface area contributed by atoms with E-state index in [2.05, 4.69) is 10.1 Å². The first kappa shape index (κ1) is 19.4. The molecule has 0 fully saturated rings. The van der Waals surface area contributed by atoms with Gasteiger partial charge in [-0.25, -0.2) is 9.67 Å². The summed E-state index contributed by atoms with van der Waals surface area (Å²) in [5.41, 5.74) is 7.11. The van der Waals surface area contributed by atoms with Crippen LogP contribution in [0.4, 0.5) is 0 Å². The summed E-state index contributed by atoms with van der Waals surface area (Å²) in [6.45, 7) is 3.74. The lowest BCUT2D eigenvalue weighted by molar-refractivity contribution is -0.133. The lowest BCUT2D eigenvalue weighted by Crippen LogP contribution is -2.39. The minimum atomic E-state index is -0.264. The molecule has 1 aliphatic rings. The topological polar surface area (TPSA) is 77.0 Å². The molecule has 0 aliphatic carbocycles. The molecule has 2 N–H and O–H groups in total. The van der Waals surface area contributed by atoms with Crippen LogP contribution >= 0.6 is 24.8 Å². The smallest absolute Gasteiger partial charge is 0.224 e. The highest BCUT2D eigenvalue weighted by molar-refractivity contribution is 5.85. The molecule has 1 unspecified atom stereocenters. The number of carbonyl (C=O) groups is 1. The summed E-state index contributed by atoms with van der Waals surface area (Å²) in [7, 11) is 0. The van der Waals surface area contributed by atoms with E-state index in [4.69, 9.17) is 5.73 Å². The number of fused-ring (bicyclic) bond motifs is 1. The summed E-state index contributed by atoms with van der Waals surface area (Å²) >= 11 is 0. The van der Waals surface area contributed by atoms with Gasteiger partial charge in [-0.2, -0.15) is 5.10 Å². The van der Waals surface area contributed by atoms with Crippen LogP contribution in [-0.4, -0.2) is 32.1 Å². The van der Waals surface area contributed by atoms with E-state index in [1.54, 1.807) is 0 Å². The van der Waals surface area contributed by atoms with Crippen LogP contribution in [0, 0.1) is 6.92 Å². The Morgan fingerprint density at radius 2 is 1.96 bits per heavy atom. The monoisotopic (exact) mass is 357 g/mol. The molecular formula is C15H21Cl2N5O. The fraction of sp³-hybridized carbons (Fsp3) is 0.400. The number of carbonyl (C=O) groups excluding carboxylic acids is 1. The molecule has 8 heteroatoms. The molecule has 0 saturated carbocycles. The first-order chi connectivity index (χ1) is 10.1. The number of aromatic nitrogens is 3. The van der Waals surface area contributed by atoms with Crippen molar-refractivity contribution in [3.63, 3.8) is 0 Å². The second-order valence-electron chi connectivity index (χ2n) is 5.33. The van der Waals surface area contributed by atoms with E-state index < -0.39 is 0 Å². The van der Waals surface area contributed by atoms with Crippen molar-refractivity contribution < 1.29 is 4.79 Å². The second-order valence-corrected chi connectivity index (χ2v) is 5.33. The summed E-state index contributed by atoms with van der Waals surface area (Å²) in [5, 5.41) is 4.30. The predicted molar refractivity (Wildman–Crippen MR) is 92.7 cm³/mol. The van der Waals surface area contributed by atoms with Crippen LogP contribution in [0.3, 0.4) is 0 Å². The maximum absolute atomic E-state index is 12.4. The summed E-state index contributed by atoms with van der Waals surface area (Å²) in [6.07, 6.45) is 0.317. The first-order valence-corrected chi connectivity index (χ1v) is 7.12. The zero-order valence-corrected chi connectivity index (χ0v) is 14.5. The van der Waals surface area contributed by atoms with Crippen molar-refractivity contribution in [3.05, 3.63) is 47.5 Å². The van der Waals surface area contributed by atoms with Crippen LogP contribution in [0.1, 0.15) is 29.7 Å². The maximum atomic E-state index is 12.4. The van der Waals surface area contributed by atoms with Crippen molar-refractivity contribution in [3.8, 4) is 0 Å². The van der Waals surface area contributed by atoms with Crippen molar-refractivity contribution in [1.82, 2.24) is 19.7 Å². The number of aryl methyl sites for hydroxylation is 1. The van der Waals surface area contributed by atoms with Crippen LogP contribution in [0.25, 0.3) is 0 Å². The van der Waals surface area contributed by atoms with Gasteiger partial charge in [0.1, 0.15) is 11.6 Å². The van der Waals surface area contributed by atoms with Crippen LogP contribution in [0.15, 0.2) is 30.3 Å². The highest BCUT2D eigenvalue weighted by Crippen LogP contribution is 2.17. The molecule has 23 heavy (non-hydrogen) atoms. The highest BCUT2D eigenvalue weighted by atomic mass is 35.5. The largest absolute Gasteiger partial charge is 0.333 e. The summed E-state index contributed by atoms with van der Waals surface area (Å²) < 4.78 is 1.87. The molecule has 2 aromatic rings. The van der Waals surface area contributed by atoms with E-state index >= 15 is 0 Å². The number of nitrogens with zero attached hydrogens (tertiary/aromatic N) is 4. The average Bonchev–Trinajstić information content (AvgIpc) is 2.87. The van der Waals surface area contributed by atoms with Gasteiger partial charge in [0.25, 0.3) is 0 Å². The van der Waals surface area contributed by atoms with E-state index in [1.165, 1.54) is 0 Å². The van der Waals surface area contributed by atoms with Crippen LogP contribution in [-0.2, 0) is 17.9 Å². The molecular weight excluding hydrogens is 337 g/mol. The third-order valence-electron chi connectivity index (χ3n) is 3.74. The van der Waals surface area contributed by atoms with Crippen LogP contribution < -0.4 is 5.73 Å². The van der Waals surface area contributed by atoms with E-state index in [9.17, 15) is 4.79 Å². The molecule has 3 rings (SSSR count). The molecule has 0 radical (unpaired) electrons. The normalized spacial score (nSPS) is 14.3. The summed E-state index contributed by atoms with van der Waals surface area (Å²) in [6, 6.07) is 9.46. The maximum Gasteiger partial charge on any atom is 0.224 e. The van der Waals surface area contributed by atoms with Crippen molar-refractivity contribution in [2.75, 3.05) is 6.54 Å². The molecule has 0 saturated heterocycles. The standard InChI is InChI=1S/C15H19N5O.2ClH/c1-11-17-14-10-19(7-8-20(14)18-11)15(21)9-13(16)12-5-3-2-4-6-12;;/h2-6,13H,7-10,16H2,1H3;2*1H. The van der Waals surface area contributed by atoms with Crippen molar-refractivity contribution in [1.29, 1.82) is 0 Å². The molecule has 1 amide bonds.